The van der Waals surface area contributed by atoms with Crippen molar-refractivity contribution < 1.29 is 9.47 Å². The largest absolute Gasteiger partial charge is 0.493 e. The van der Waals surface area contributed by atoms with E-state index in [4.69, 9.17) is 14.5 Å². The van der Waals surface area contributed by atoms with Gasteiger partial charge in [-0.15, -0.1) is 34.2 Å². The molecule has 0 fully saturated rings. The quantitative estimate of drug-likeness (QED) is 0.281. The Morgan fingerprint density at radius 1 is 1.03 bits per heavy atom. The maximum atomic E-state index is 5.39. The third kappa shape index (κ3) is 6.09. The van der Waals surface area contributed by atoms with E-state index in [0.717, 1.165) is 22.9 Å². The lowest BCUT2D eigenvalue weighted by atomic mass is 10.2. The van der Waals surface area contributed by atoms with Gasteiger partial charge in [0.1, 0.15) is 5.82 Å². The number of methoxy groups -OCH3 is 2. The highest BCUT2D eigenvalue weighted by molar-refractivity contribution is 14.0. The molecule has 0 bridgehead atoms. The SMILES string of the molecule is COc1ccc(NC(=NCc2ccccc2)NCc2nnc(C)n2C)cc1OC.I. The smallest absolute Gasteiger partial charge is 0.196 e. The molecule has 30 heavy (non-hydrogen) atoms. The zero-order valence-corrected chi connectivity index (χ0v) is 19.9. The number of guanidine groups is 1. The number of ether oxygens (including phenoxy) is 2. The van der Waals surface area contributed by atoms with Crippen LogP contribution in [0.2, 0.25) is 0 Å². The molecular formula is C21H27IN6O2. The minimum Gasteiger partial charge on any atom is -0.493 e. The topological polar surface area (TPSA) is 85.6 Å². The molecule has 0 aliphatic rings. The molecule has 2 aromatic carbocycles. The predicted octanol–water partition coefficient (Wildman–Crippen LogP) is 3.52. The van der Waals surface area contributed by atoms with Gasteiger partial charge in [-0.3, -0.25) is 0 Å². The van der Waals surface area contributed by atoms with Gasteiger partial charge < -0.3 is 24.7 Å². The number of aryl methyl sites for hydroxylation is 1. The molecule has 3 rings (SSSR count). The number of nitrogens with one attached hydrogen (secondary N) is 2. The molecular weight excluding hydrogens is 495 g/mol. The Balaban J connectivity index is 0.00000320. The number of aromatic nitrogens is 3. The maximum absolute atomic E-state index is 5.39. The van der Waals surface area contributed by atoms with Gasteiger partial charge in [-0.25, -0.2) is 4.99 Å². The van der Waals surface area contributed by atoms with Crippen molar-refractivity contribution in [2.24, 2.45) is 12.0 Å². The lowest BCUT2D eigenvalue weighted by Crippen LogP contribution is -2.31. The van der Waals surface area contributed by atoms with Crippen LogP contribution in [-0.2, 0) is 20.1 Å². The van der Waals surface area contributed by atoms with Crippen molar-refractivity contribution in [3.63, 3.8) is 0 Å². The third-order valence-electron chi connectivity index (χ3n) is 4.51. The molecule has 3 aromatic rings. The fraction of sp³-hybridized carbons (Fsp3) is 0.286. The fourth-order valence-corrected chi connectivity index (χ4v) is 2.71. The summed E-state index contributed by atoms with van der Waals surface area (Å²) in [6.07, 6.45) is 0. The van der Waals surface area contributed by atoms with Gasteiger partial charge in [-0.05, 0) is 24.6 Å². The second kappa shape index (κ2) is 11.4. The van der Waals surface area contributed by atoms with Crippen LogP contribution in [0.5, 0.6) is 11.5 Å². The summed E-state index contributed by atoms with van der Waals surface area (Å²) in [6.45, 7) is 2.95. The summed E-state index contributed by atoms with van der Waals surface area (Å²) in [5, 5.41) is 14.9. The first-order valence-electron chi connectivity index (χ1n) is 9.27. The van der Waals surface area contributed by atoms with Gasteiger partial charge in [-0.2, -0.15) is 0 Å². The molecule has 0 saturated carbocycles. The van der Waals surface area contributed by atoms with Crippen LogP contribution in [0.1, 0.15) is 17.2 Å². The molecule has 0 radical (unpaired) electrons. The summed E-state index contributed by atoms with van der Waals surface area (Å²) in [5.41, 5.74) is 1.95. The first-order valence-corrected chi connectivity index (χ1v) is 9.27. The number of hydrogen-bond acceptors (Lipinski definition) is 5. The molecule has 1 aromatic heterocycles. The Morgan fingerprint density at radius 3 is 2.40 bits per heavy atom. The minimum absolute atomic E-state index is 0. The minimum atomic E-state index is 0. The van der Waals surface area contributed by atoms with E-state index in [1.54, 1.807) is 14.2 Å². The molecule has 9 heteroatoms. The van der Waals surface area contributed by atoms with Crippen molar-refractivity contribution in [1.82, 2.24) is 20.1 Å². The lowest BCUT2D eigenvalue weighted by Gasteiger charge is -2.14. The monoisotopic (exact) mass is 522 g/mol. The van der Waals surface area contributed by atoms with Crippen LogP contribution in [-0.4, -0.2) is 34.9 Å². The second-order valence-electron chi connectivity index (χ2n) is 6.42. The van der Waals surface area contributed by atoms with Gasteiger partial charge in [0.15, 0.2) is 23.3 Å². The van der Waals surface area contributed by atoms with E-state index < -0.39 is 0 Å². The van der Waals surface area contributed by atoms with E-state index in [1.165, 1.54) is 0 Å². The van der Waals surface area contributed by atoms with E-state index in [2.05, 4.69) is 20.8 Å². The summed E-state index contributed by atoms with van der Waals surface area (Å²) in [5.74, 6) is 3.62. The van der Waals surface area contributed by atoms with E-state index >= 15 is 0 Å². The van der Waals surface area contributed by atoms with Crippen LogP contribution in [0.15, 0.2) is 53.5 Å². The van der Waals surface area contributed by atoms with Crippen LogP contribution < -0.4 is 20.1 Å². The highest BCUT2D eigenvalue weighted by atomic mass is 127. The number of nitrogens with zero attached hydrogens (tertiary/aromatic N) is 4. The van der Waals surface area contributed by atoms with Gasteiger partial charge in [0.2, 0.25) is 0 Å². The Morgan fingerprint density at radius 2 is 1.77 bits per heavy atom. The standard InChI is InChI=1S/C21H26N6O2.HI/c1-15-25-26-20(27(15)2)14-23-21(22-13-16-8-6-5-7-9-16)24-17-10-11-18(28-3)19(12-17)29-4;/h5-12H,13-14H2,1-4H3,(H2,22,23,24);1H. The number of anilines is 1. The molecule has 0 atom stereocenters. The Labute approximate surface area is 193 Å². The zero-order chi connectivity index (χ0) is 20.6. The average molecular weight is 522 g/mol. The number of halogens is 1. The molecule has 0 aliphatic carbocycles. The highest BCUT2D eigenvalue weighted by Crippen LogP contribution is 2.29. The lowest BCUT2D eigenvalue weighted by molar-refractivity contribution is 0.355. The van der Waals surface area contributed by atoms with Crippen molar-refractivity contribution in [2.45, 2.75) is 20.0 Å². The van der Waals surface area contributed by atoms with Gasteiger partial charge in [0.25, 0.3) is 0 Å². The van der Waals surface area contributed by atoms with E-state index in [-0.39, 0.29) is 24.0 Å². The predicted molar refractivity (Wildman–Crippen MR) is 129 cm³/mol. The molecule has 0 saturated heterocycles. The first kappa shape index (κ1) is 23.5. The average Bonchev–Trinajstić information content (AvgIpc) is 3.08. The van der Waals surface area contributed by atoms with Crippen molar-refractivity contribution >= 4 is 35.6 Å². The molecule has 0 unspecified atom stereocenters. The molecule has 0 amide bonds. The van der Waals surface area contributed by atoms with Crippen LogP contribution in [0.4, 0.5) is 5.69 Å². The van der Waals surface area contributed by atoms with Crippen molar-refractivity contribution in [3.05, 3.63) is 65.7 Å². The summed E-state index contributed by atoms with van der Waals surface area (Å²) in [4.78, 5) is 4.70. The van der Waals surface area contributed by atoms with E-state index in [9.17, 15) is 0 Å². The van der Waals surface area contributed by atoms with Crippen molar-refractivity contribution in [1.29, 1.82) is 0 Å². The van der Waals surface area contributed by atoms with Crippen LogP contribution >= 0.6 is 24.0 Å². The Hall–Kier alpha value is -2.82. The Kier molecular flexibility index (Phi) is 8.90. The normalized spacial score (nSPS) is 10.9. The van der Waals surface area contributed by atoms with Crippen molar-refractivity contribution in [2.75, 3.05) is 19.5 Å². The third-order valence-corrected chi connectivity index (χ3v) is 4.51. The summed E-state index contributed by atoms with van der Waals surface area (Å²) >= 11 is 0. The molecule has 8 nitrogen and oxygen atoms in total. The first-order chi connectivity index (χ1) is 14.1. The summed E-state index contributed by atoms with van der Waals surface area (Å²) in [7, 11) is 5.16. The van der Waals surface area contributed by atoms with Crippen molar-refractivity contribution in [3.8, 4) is 11.5 Å². The molecule has 2 N–H and O–H groups in total. The zero-order valence-electron chi connectivity index (χ0n) is 17.5. The number of benzene rings is 2. The number of rotatable bonds is 7. The van der Waals surface area contributed by atoms with Gasteiger partial charge >= 0.3 is 0 Å². The fourth-order valence-electron chi connectivity index (χ4n) is 2.71. The number of aliphatic imine (C=N–C) groups is 1. The second-order valence-corrected chi connectivity index (χ2v) is 6.42. The van der Waals surface area contributed by atoms with Crippen LogP contribution in [0.3, 0.4) is 0 Å². The Bertz CT molecular complexity index is 975. The molecule has 1 heterocycles. The summed E-state index contributed by atoms with van der Waals surface area (Å²) < 4.78 is 12.6. The van der Waals surface area contributed by atoms with Gasteiger partial charge in [-0.1, -0.05) is 30.3 Å². The molecule has 0 spiro atoms. The van der Waals surface area contributed by atoms with E-state index in [0.29, 0.717) is 30.5 Å². The van der Waals surface area contributed by atoms with Crippen LogP contribution in [0.25, 0.3) is 0 Å². The molecule has 160 valence electrons. The van der Waals surface area contributed by atoms with Crippen LogP contribution in [0, 0.1) is 6.92 Å². The maximum Gasteiger partial charge on any atom is 0.196 e. The van der Waals surface area contributed by atoms with E-state index in [1.807, 2.05) is 67.1 Å². The highest BCUT2D eigenvalue weighted by Gasteiger charge is 2.09. The van der Waals surface area contributed by atoms with Gasteiger partial charge in [0, 0.05) is 18.8 Å². The van der Waals surface area contributed by atoms with Gasteiger partial charge in [0.05, 0.1) is 27.3 Å². The summed E-state index contributed by atoms with van der Waals surface area (Å²) in [6, 6.07) is 15.7. The molecule has 0 aliphatic heterocycles. The number of hydrogen-bond donors (Lipinski definition) is 2.